The molecule has 0 radical (unpaired) electrons. The zero-order valence-corrected chi connectivity index (χ0v) is 18.6. The normalized spacial score (nSPS) is 11.0. The summed E-state index contributed by atoms with van der Waals surface area (Å²) in [5.74, 6) is -0.677. The quantitative estimate of drug-likeness (QED) is 0.283. The van der Waals surface area contributed by atoms with Gasteiger partial charge < -0.3 is 5.73 Å². The number of aromatic amines is 1. The van der Waals surface area contributed by atoms with Crippen molar-refractivity contribution < 1.29 is 9.72 Å². The number of carbonyl (C=O) groups is 1. The van der Waals surface area contributed by atoms with Crippen molar-refractivity contribution >= 4 is 29.2 Å². The summed E-state index contributed by atoms with van der Waals surface area (Å²) < 4.78 is 1.25. The Morgan fingerprint density at radius 3 is 2.59 bits per heavy atom. The SMILES string of the molecule is CCCCn1c(N)c(N(Cc2ccccc2)C(=O)/C=C/c2cccc([N+](=O)[O-])c2)c(=O)[nH]c1=O. The van der Waals surface area contributed by atoms with Gasteiger partial charge in [0, 0.05) is 24.8 Å². The number of nitrogen functional groups attached to an aromatic ring is 1. The minimum Gasteiger partial charge on any atom is -0.383 e. The van der Waals surface area contributed by atoms with Gasteiger partial charge in [-0.1, -0.05) is 55.8 Å². The molecule has 1 heterocycles. The molecule has 3 aromatic rings. The standard InChI is InChI=1S/C24H25N5O5/c1-2-3-14-27-22(25)21(23(31)26-24(27)32)28(16-18-8-5-4-6-9-18)20(30)13-12-17-10-7-11-19(15-17)29(33)34/h4-13,15H,2-3,14,16,25H2,1H3,(H,26,31,32)/b13-12+. The summed E-state index contributed by atoms with van der Waals surface area (Å²) in [6.45, 7) is 2.28. The van der Waals surface area contributed by atoms with Gasteiger partial charge in [-0.05, 0) is 23.6 Å². The fourth-order valence-electron chi connectivity index (χ4n) is 3.41. The molecule has 3 rings (SSSR count). The van der Waals surface area contributed by atoms with E-state index in [9.17, 15) is 24.5 Å². The van der Waals surface area contributed by atoms with E-state index in [-0.39, 0.29) is 23.7 Å². The number of aromatic nitrogens is 2. The van der Waals surface area contributed by atoms with Crippen molar-refractivity contribution in [1.29, 1.82) is 0 Å². The van der Waals surface area contributed by atoms with Crippen LogP contribution in [0.5, 0.6) is 0 Å². The van der Waals surface area contributed by atoms with Gasteiger partial charge in [0.25, 0.3) is 17.2 Å². The lowest BCUT2D eigenvalue weighted by Crippen LogP contribution is -2.40. The second-order valence-electron chi connectivity index (χ2n) is 7.59. The number of nitro groups is 1. The fourth-order valence-corrected chi connectivity index (χ4v) is 3.41. The highest BCUT2D eigenvalue weighted by molar-refractivity contribution is 6.05. The smallest absolute Gasteiger partial charge is 0.330 e. The van der Waals surface area contributed by atoms with Crippen LogP contribution in [0, 0.1) is 10.1 Å². The van der Waals surface area contributed by atoms with Crippen molar-refractivity contribution in [2.75, 3.05) is 10.6 Å². The number of nitrogens with zero attached hydrogens (tertiary/aromatic N) is 3. The molecule has 0 saturated heterocycles. The molecule has 3 N–H and O–H groups in total. The lowest BCUT2D eigenvalue weighted by molar-refractivity contribution is -0.384. The van der Waals surface area contributed by atoms with Crippen molar-refractivity contribution in [3.8, 4) is 0 Å². The number of hydrogen-bond donors (Lipinski definition) is 2. The first-order chi connectivity index (χ1) is 16.3. The van der Waals surface area contributed by atoms with Crippen LogP contribution in [0.3, 0.4) is 0 Å². The van der Waals surface area contributed by atoms with E-state index in [1.165, 1.54) is 39.8 Å². The molecule has 0 aliphatic heterocycles. The van der Waals surface area contributed by atoms with Gasteiger partial charge in [-0.2, -0.15) is 0 Å². The minimum atomic E-state index is -0.775. The Labute approximate surface area is 195 Å². The topological polar surface area (TPSA) is 144 Å². The Kier molecular flexibility index (Phi) is 7.75. The van der Waals surface area contributed by atoms with E-state index in [1.54, 1.807) is 30.3 Å². The molecule has 0 bridgehead atoms. The van der Waals surface area contributed by atoms with Gasteiger partial charge >= 0.3 is 5.69 Å². The molecule has 1 aromatic heterocycles. The highest BCUT2D eigenvalue weighted by Crippen LogP contribution is 2.21. The van der Waals surface area contributed by atoms with Crippen molar-refractivity contribution in [2.45, 2.75) is 32.9 Å². The number of H-pyrrole nitrogens is 1. The number of amides is 1. The summed E-state index contributed by atoms with van der Waals surface area (Å²) in [7, 11) is 0. The van der Waals surface area contributed by atoms with Gasteiger partial charge in [0.2, 0.25) is 0 Å². The van der Waals surface area contributed by atoms with Gasteiger partial charge in [-0.15, -0.1) is 0 Å². The van der Waals surface area contributed by atoms with E-state index in [4.69, 9.17) is 5.73 Å². The van der Waals surface area contributed by atoms with E-state index < -0.39 is 22.1 Å². The van der Waals surface area contributed by atoms with Crippen LogP contribution in [0.1, 0.15) is 30.9 Å². The Balaban J connectivity index is 2.05. The number of nitro benzene ring substituents is 1. The average Bonchev–Trinajstić information content (AvgIpc) is 2.82. The summed E-state index contributed by atoms with van der Waals surface area (Å²) in [5.41, 5.74) is 5.75. The van der Waals surface area contributed by atoms with Gasteiger partial charge in [0.05, 0.1) is 11.5 Å². The molecule has 10 heteroatoms. The Morgan fingerprint density at radius 1 is 1.18 bits per heavy atom. The predicted octanol–water partition coefficient (Wildman–Crippen LogP) is 3.07. The van der Waals surface area contributed by atoms with Crippen LogP contribution in [0.2, 0.25) is 0 Å². The maximum atomic E-state index is 13.3. The summed E-state index contributed by atoms with van der Waals surface area (Å²) in [6, 6.07) is 14.8. The van der Waals surface area contributed by atoms with E-state index in [2.05, 4.69) is 4.98 Å². The molecule has 0 spiro atoms. The first kappa shape index (κ1) is 24.2. The average molecular weight is 463 g/mol. The lowest BCUT2D eigenvalue weighted by atomic mass is 10.1. The summed E-state index contributed by atoms with van der Waals surface area (Å²) in [5, 5.41) is 11.0. The van der Waals surface area contributed by atoms with E-state index >= 15 is 0 Å². The van der Waals surface area contributed by atoms with Crippen LogP contribution < -0.4 is 21.9 Å². The Bertz CT molecular complexity index is 1330. The molecular weight excluding hydrogens is 438 g/mol. The minimum absolute atomic E-state index is 0.0260. The molecule has 10 nitrogen and oxygen atoms in total. The lowest BCUT2D eigenvalue weighted by Gasteiger charge is -2.23. The number of unbranched alkanes of at least 4 members (excludes halogenated alkanes) is 1. The molecule has 0 atom stereocenters. The maximum absolute atomic E-state index is 13.3. The number of nitrogens with two attached hydrogens (primary N) is 1. The second kappa shape index (κ2) is 10.9. The number of benzene rings is 2. The van der Waals surface area contributed by atoms with Crippen LogP contribution in [-0.2, 0) is 17.9 Å². The Hall–Kier alpha value is -4.47. The number of rotatable bonds is 9. The Morgan fingerprint density at radius 2 is 1.91 bits per heavy atom. The third kappa shape index (κ3) is 5.66. The molecule has 0 fully saturated rings. The molecule has 2 aromatic carbocycles. The number of anilines is 2. The number of carbonyl (C=O) groups excluding carboxylic acids is 1. The molecule has 0 unspecified atom stereocenters. The number of non-ortho nitro benzene ring substituents is 1. The summed E-state index contributed by atoms with van der Waals surface area (Å²) in [4.78, 5) is 52.3. The van der Waals surface area contributed by atoms with E-state index in [0.29, 0.717) is 18.5 Å². The van der Waals surface area contributed by atoms with E-state index in [0.717, 1.165) is 12.0 Å². The largest absolute Gasteiger partial charge is 0.383 e. The van der Waals surface area contributed by atoms with Crippen LogP contribution in [-0.4, -0.2) is 20.4 Å². The van der Waals surface area contributed by atoms with Crippen molar-refractivity contribution in [3.63, 3.8) is 0 Å². The van der Waals surface area contributed by atoms with Crippen molar-refractivity contribution in [2.24, 2.45) is 0 Å². The molecular formula is C24H25N5O5. The molecule has 0 aliphatic carbocycles. The first-order valence-electron chi connectivity index (χ1n) is 10.7. The van der Waals surface area contributed by atoms with E-state index in [1.807, 2.05) is 13.0 Å². The molecule has 1 amide bonds. The van der Waals surface area contributed by atoms with Gasteiger partial charge in [-0.25, -0.2) is 4.79 Å². The van der Waals surface area contributed by atoms with Crippen LogP contribution in [0.4, 0.5) is 17.2 Å². The molecule has 0 aliphatic rings. The summed E-state index contributed by atoms with van der Waals surface area (Å²) >= 11 is 0. The maximum Gasteiger partial charge on any atom is 0.330 e. The fraction of sp³-hybridized carbons (Fsp3) is 0.208. The zero-order valence-electron chi connectivity index (χ0n) is 18.6. The highest BCUT2D eigenvalue weighted by Gasteiger charge is 2.23. The second-order valence-corrected chi connectivity index (χ2v) is 7.59. The van der Waals surface area contributed by atoms with Crippen LogP contribution >= 0.6 is 0 Å². The number of hydrogen-bond acceptors (Lipinski definition) is 6. The number of nitrogens with one attached hydrogen (secondary N) is 1. The monoisotopic (exact) mass is 463 g/mol. The molecule has 176 valence electrons. The van der Waals surface area contributed by atoms with Crippen molar-refractivity contribution in [3.05, 3.63) is 103 Å². The van der Waals surface area contributed by atoms with Gasteiger partial charge in [0.1, 0.15) is 5.82 Å². The molecule has 34 heavy (non-hydrogen) atoms. The highest BCUT2D eigenvalue weighted by atomic mass is 16.6. The van der Waals surface area contributed by atoms with Crippen molar-refractivity contribution in [1.82, 2.24) is 9.55 Å². The van der Waals surface area contributed by atoms with Crippen LogP contribution in [0.25, 0.3) is 6.08 Å². The third-order valence-electron chi connectivity index (χ3n) is 5.17. The first-order valence-corrected chi connectivity index (χ1v) is 10.7. The summed E-state index contributed by atoms with van der Waals surface area (Å²) in [6.07, 6.45) is 4.10. The predicted molar refractivity (Wildman–Crippen MR) is 130 cm³/mol. The zero-order chi connectivity index (χ0) is 24.7. The van der Waals surface area contributed by atoms with Gasteiger partial charge in [0.15, 0.2) is 5.69 Å². The van der Waals surface area contributed by atoms with Crippen LogP contribution in [0.15, 0.2) is 70.3 Å². The van der Waals surface area contributed by atoms with Gasteiger partial charge in [-0.3, -0.25) is 34.2 Å². The molecule has 0 saturated carbocycles. The third-order valence-corrected chi connectivity index (χ3v) is 5.17.